The number of hydrogen-bond donors (Lipinski definition) is 0. The molecule has 1 aromatic heterocycles. The van der Waals surface area contributed by atoms with Gasteiger partial charge < -0.3 is 19.1 Å². The average Bonchev–Trinajstić information content (AvgIpc) is 2.91. The molecule has 1 saturated heterocycles. The molecule has 2 heterocycles. The monoisotopic (exact) mass is 343 g/mol. The van der Waals surface area contributed by atoms with Crippen molar-refractivity contribution in [1.29, 1.82) is 0 Å². The van der Waals surface area contributed by atoms with Crippen LogP contribution in [0.5, 0.6) is 5.75 Å². The summed E-state index contributed by atoms with van der Waals surface area (Å²) in [6, 6.07) is 7.58. The van der Waals surface area contributed by atoms with Crippen molar-refractivity contribution >= 4 is 5.91 Å². The lowest BCUT2D eigenvalue weighted by molar-refractivity contribution is 0.0533. The summed E-state index contributed by atoms with van der Waals surface area (Å²) in [5, 5.41) is 3.93. The minimum atomic E-state index is 0.0587. The first-order valence-corrected chi connectivity index (χ1v) is 8.60. The highest BCUT2D eigenvalue weighted by Crippen LogP contribution is 2.20. The Hall–Kier alpha value is -2.34. The summed E-state index contributed by atoms with van der Waals surface area (Å²) in [5.74, 6) is 1.49. The number of aromatic nitrogens is 1. The number of piperazine rings is 1. The summed E-state index contributed by atoms with van der Waals surface area (Å²) < 4.78 is 11.0. The van der Waals surface area contributed by atoms with Crippen molar-refractivity contribution in [2.45, 2.75) is 33.4 Å². The van der Waals surface area contributed by atoms with Crippen LogP contribution < -0.4 is 4.74 Å². The molecule has 2 aromatic rings. The first kappa shape index (κ1) is 17.5. The molecule has 6 heteroatoms. The van der Waals surface area contributed by atoms with Gasteiger partial charge in [-0.15, -0.1) is 0 Å². The molecule has 1 aromatic carbocycles. The zero-order valence-electron chi connectivity index (χ0n) is 15.3. The van der Waals surface area contributed by atoms with Crippen molar-refractivity contribution in [3.05, 3.63) is 46.8 Å². The third kappa shape index (κ3) is 3.85. The first-order valence-electron chi connectivity index (χ1n) is 8.60. The molecule has 1 atom stereocenters. The smallest absolute Gasteiger partial charge is 0.254 e. The van der Waals surface area contributed by atoms with E-state index in [9.17, 15) is 4.79 Å². The Balaban J connectivity index is 1.70. The number of benzene rings is 1. The van der Waals surface area contributed by atoms with Crippen molar-refractivity contribution in [3.8, 4) is 5.75 Å². The Morgan fingerprint density at radius 2 is 2.16 bits per heavy atom. The van der Waals surface area contributed by atoms with Gasteiger partial charge in [-0.3, -0.25) is 4.79 Å². The van der Waals surface area contributed by atoms with E-state index in [1.54, 1.807) is 0 Å². The summed E-state index contributed by atoms with van der Waals surface area (Å²) >= 11 is 0. The minimum Gasteiger partial charge on any atom is -0.489 e. The Kier molecular flexibility index (Phi) is 5.08. The van der Waals surface area contributed by atoms with E-state index in [2.05, 4.69) is 24.0 Å². The quantitative estimate of drug-likeness (QED) is 0.854. The van der Waals surface area contributed by atoms with E-state index in [-0.39, 0.29) is 11.9 Å². The van der Waals surface area contributed by atoms with Crippen LogP contribution in [0.25, 0.3) is 0 Å². The van der Waals surface area contributed by atoms with Crippen molar-refractivity contribution in [3.63, 3.8) is 0 Å². The van der Waals surface area contributed by atoms with Gasteiger partial charge in [0.15, 0.2) is 0 Å². The van der Waals surface area contributed by atoms with Gasteiger partial charge in [-0.25, -0.2) is 0 Å². The van der Waals surface area contributed by atoms with Crippen LogP contribution in [0.4, 0.5) is 0 Å². The minimum absolute atomic E-state index is 0.0587. The van der Waals surface area contributed by atoms with Crippen molar-refractivity contribution < 1.29 is 14.1 Å². The standard InChI is InChI=1S/C19H25N3O3/c1-13-11-21(4)8-9-22(13)19(23)16-6-5-7-17(10-16)24-12-18-14(2)20-25-15(18)3/h5-7,10,13H,8-9,11-12H2,1-4H3/t13-/m1/s1. The number of nitrogens with zero attached hydrogens (tertiary/aromatic N) is 3. The van der Waals surface area contributed by atoms with E-state index in [1.165, 1.54) is 0 Å². The van der Waals surface area contributed by atoms with Gasteiger partial charge in [0, 0.05) is 31.2 Å². The molecule has 1 amide bonds. The number of rotatable bonds is 4. The molecule has 0 aliphatic carbocycles. The van der Waals surface area contributed by atoms with Crippen LogP contribution in [-0.4, -0.2) is 53.6 Å². The fourth-order valence-corrected chi connectivity index (χ4v) is 3.19. The fourth-order valence-electron chi connectivity index (χ4n) is 3.19. The lowest BCUT2D eigenvalue weighted by Gasteiger charge is -2.38. The Morgan fingerprint density at radius 3 is 2.84 bits per heavy atom. The van der Waals surface area contributed by atoms with Crippen LogP contribution in [0.1, 0.15) is 34.3 Å². The van der Waals surface area contributed by atoms with E-state index in [4.69, 9.17) is 9.26 Å². The fraction of sp³-hybridized carbons (Fsp3) is 0.474. The maximum Gasteiger partial charge on any atom is 0.254 e. The Bertz CT molecular complexity index is 737. The molecule has 0 saturated carbocycles. The number of carbonyl (C=O) groups excluding carboxylic acids is 1. The molecule has 3 rings (SSSR count). The molecule has 134 valence electrons. The van der Waals surface area contributed by atoms with Crippen LogP contribution in [0.3, 0.4) is 0 Å². The first-order chi connectivity index (χ1) is 12.0. The molecule has 0 N–H and O–H groups in total. The summed E-state index contributed by atoms with van der Waals surface area (Å²) in [6.45, 7) is 8.78. The van der Waals surface area contributed by atoms with E-state index in [0.717, 1.165) is 36.7 Å². The summed E-state index contributed by atoms with van der Waals surface area (Å²) in [6.07, 6.45) is 0. The van der Waals surface area contributed by atoms with Gasteiger partial charge in [0.05, 0.1) is 11.3 Å². The molecule has 0 radical (unpaired) electrons. The maximum atomic E-state index is 12.8. The molecule has 0 bridgehead atoms. The van der Waals surface area contributed by atoms with Gasteiger partial charge in [0.1, 0.15) is 18.1 Å². The zero-order valence-corrected chi connectivity index (χ0v) is 15.3. The van der Waals surface area contributed by atoms with Crippen LogP contribution in [-0.2, 0) is 6.61 Å². The lowest BCUT2D eigenvalue weighted by Crippen LogP contribution is -2.52. The topological polar surface area (TPSA) is 58.8 Å². The maximum absolute atomic E-state index is 12.8. The Morgan fingerprint density at radius 1 is 1.36 bits per heavy atom. The van der Waals surface area contributed by atoms with Gasteiger partial charge in [-0.2, -0.15) is 0 Å². The number of aryl methyl sites for hydroxylation is 2. The number of likely N-dealkylation sites (N-methyl/N-ethyl adjacent to an activating group) is 1. The molecule has 25 heavy (non-hydrogen) atoms. The van der Waals surface area contributed by atoms with Gasteiger partial charge in [0.2, 0.25) is 0 Å². The van der Waals surface area contributed by atoms with Gasteiger partial charge in [-0.05, 0) is 46.0 Å². The third-order valence-electron chi connectivity index (χ3n) is 4.74. The highest BCUT2D eigenvalue weighted by molar-refractivity contribution is 5.94. The highest BCUT2D eigenvalue weighted by Gasteiger charge is 2.26. The number of amides is 1. The van der Waals surface area contributed by atoms with Crippen LogP contribution in [0.15, 0.2) is 28.8 Å². The lowest BCUT2D eigenvalue weighted by atomic mass is 10.1. The molecular formula is C19H25N3O3. The average molecular weight is 343 g/mol. The van der Waals surface area contributed by atoms with Crippen molar-refractivity contribution in [2.75, 3.05) is 26.7 Å². The van der Waals surface area contributed by atoms with E-state index >= 15 is 0 Å². The van der Waals surface area contributed by atoms with Gasteiger partial charge in [-0.1, -0.05) is 11.2 Å². The van der Waals surface area contributed by atoms with Gasteiger partial charge in [0.25, 0.3) is 5.91 Å². The van der Waals surface area contributed by atoms with Crippen molar-refractivity contribution in [2.24, 2.45) is 0 Å². The molecular weight excluding hydrogens is 318 g/mol. The van der Waals surface area contributed by atoms with Crippen LogP contribution >= 0.6 is 0 Å². The van der Waals surface area contributed by atoms with Gasteiger partial charge >= 0.3 is 0 Å². The largest absolute Gasteiger partial charge is 0.489 e. The highest BCUT2D eigenvalue weighted by atomic mass is 16.5. The van der Waals surface area contributed by atoms with Crippen LogP contribution in [0, 0.1) is 13.8 Å². The molecule has 0 spiro atoms. The summed E-state index contributed by atoms with van der Waals surface area (Å²) in [7, 11) is 2.08. The van der Waals surface area contributed by atoms with Crippen molar-refractivity contribution in [1.82, 2.24) is 15.0 Å². The predicted molar refractivity (Wildman–Crippen MR) is 94.7 cm³/mol. The number of ether oxygens (including phenoxy) is 1. The second kappa shape index (κ2) is 7.27. The normalized spacial score (nSPS) is 18.4. The number of carbonyl (C=O) groups is 1. The summed E-state index contributed by atoms with van der Waals surface area (Å²) in [5.41, 5.74) is 2.44. The number of hydrogen-bond acceptors (Lipinski definition) is 5. The molecule has 6 nitrogen and oxygen atoms in total. The molecule has 1 aliphatic rings. The SMILES string of the molecule is Cc1noc(C)c1COc1cccc(C(=O)N2CCN(C)C[C@H]2C)c1. The van der Waals surface area contributed by atoms with E-state index in [1.807, 2.05) is 43.0 Å². The second-order valence-electron chi connectivity index (χ2n) is 6.73. The molecule has 1 fully saturated rings. The van der Waals surface area contributed by atoms with E-state index < -0.39 is 0 Å². The van der Waals surface area contributed by atoms with Crippen LogP contribution in [0.2, 0.25) is 0 Å². The summed E-state index contributed by atoms with van der Waals surface area (Å²) in [4.78, 5) is 17.0. The zero-order chi connectivity index (χ0) is 18.0. The molecule has 0 unspecified atom stereocenters. The molecule has 1 aliphatic heterocycles. The van der Waals surface area contributed by atoms with E-state index in [0.29, 0.717) is 17.9 Å². The Labute approximate surface area is 148 Å². The third-order valence-corrected chi connectivity index (χ3v) is 4.74. The predicted octanol–water partition coefficient (Wildman–Crippen LogP) is 2.65. The second-order valence-corrected chi connectivity index (χ2v) is 6.73.